The number of thioether (sulfide) groups is 1. The number of anilines is 1. The van der Waals surface area contributed by atoms with Gasteiger partial charge in [0.15, 0.2) is 0 Å². The Hall–Kier alpha value is -2.74. The van der Waals surface area contributed by atoms with Crippen molar-refractivity contribution >= 4 is 34.2 Å². The van der Waals surface area contributed by atoms with Gasteiger partial charge in [0, 0.05) is 0 Å². The van der Waals surface area contributed by atoms with E-state index in [1.807, 2.05) is 0 Å². The third-order valence-corrected chi connectivity index (χ3v) is 4.88. The smallest absolute Gasteiger partial charge is 0.416 e. The number of hydrogen-bond donors (Lipinski definition) is 1. The molecule has 1 saturated heterocycles. The lowest BCUT2D eigenvalue weighted by Gasteiger charge is -2.15. The molecule has 2 amide bonds. The van der Waals surface area contributed by atoms with E-state index >= 15 is 0 Å². The molecule has 26 heavy (non-hydrogen) atoms. The molecule has 1 aliphatic heterocycles. The van der Waals surface area contributed by atoms with E-state index in [1.165, 1.54) is 18.2 Å². The van der Waals surface area contributed by atoms with Gasteiger partial charge < -0.3 is 5.11 Å². The number of aromatic hydroxyl groups is 1. The van der Waals surface area contributed by atoms with Gasteiger partial charge in [-0.3, -0.25) is 9.59 Å². The van der Waals surface area contributed by atoms with Crippen molar-refractivity contribution in [3.05, 3.63) is 64.6 Å². The minimum absolute atomic E-state index is 0.0543. The monoisotopic (exact) mass is 379 g/mol. The molecule has 3 rings (SSSR count). The summed E-state index contributed by atoms with van der Waals surface area (Å²) < 4.78 is 38.7. The first kappa shape index (κ1) is 18.1. The van der Waals surface area contributed by atoms with Crippen LogP contribution in [0.15, 0.2) is 53.4 Å². The number of amides is 2. The van der Waals surface area contributed by atoms with Crippen LogP contribution in [0.5, 0.6) is 5.75 Å². The molecule has 134 valence electrons. The van der Waals surface area contributed by atoms with Gasteiger partial charge in [0.05, 0.1) is 16.2 Å². The number of benzene rings is 2. The third kappa shape index (κ3) is 3.32. The molecule has 2 aromatic carbocycles. The zero-order valence-electron chi connectivity index (χ0n) is 13.4. The molecule has 1 fully saturated rings. The molecule has 0 bridgehead atoms. The van der Waals surface area contributed by atoms with E-state index in [4.69, 9.17) is 0 Å². The summed E-state index contributed by atoms with van der Waals surface area (Å²) in [5, 5.41) is 8.67. The highest BCUT2D eigenvalue weighted by molar-refractivity contribution is 8.19. The van der Waals surface area contributed by atoms with Crippen molar-refractivity contribution in [2.45, 2.75) is 13.1 Å². The molecule has 0 atom stereocenters. The Morgan fingerprint density at radius 1 is 1.08 bits per heavy atom. The summed E-state index contributed by atoms with van der Waals surface area (Å²) in [6.07, 6.45) is -4.57. The molecule has 0 radical (unpaired) electrons. The van der Waals surface area contributed by atoms with E-state index in [-0.39, 0.29) is 16.3 Å². The van der Waals surface area contributed by atoms with E-state index in [0.717, 1.165) is 23.1 Å². The van der Waals surface area contributed by atoms with Gasteiger partial charge in [-0.1, -0.05) is 18.2 Å². The van der Waals surface area contributed by atoms with E-state index in [2.05, 4.69) is 0 Å². The normalized spacial score (nSPS) is 17.0. The van der Waals surface area contributed by atoms with Gasteiger partial charge in [0.25, 0.3) is 11.1 Å². The number of allylic oxidation sites excluding steroid dienone is 1. The first-order valence-corrected chi connectivity index (χ1v) is 8.24. The fourth-order valence-electron chi connectivity index (χ4n) is 2.48. The largest absolute Gasteiger partial charge is 0.508 e. The zero-order valence-corrected chi connectivity index (χ0v) is 14.2. The second kappa shape index (κ2) is 6.53. The number of carbonyl (C=O) groups is 2. The summed E-state index contributed by atoms with van der Waals surface area (Å²) in [6, 6.07) is 10.1. The topological polar surface area (TPSA) is 57.6 Å². The standard InChI is InChI=1S/C18H12F3NO3S/c1-10(11-5-7-14(23)8-6-11)15-16(24)22(17(25)26-15)13-4-2-3-12(9-13)18(19,20)21/h2-9,23H,1H3/b15-10-. The average molecular weight is 379 g/mol. The third-order valence-electron chi connectivity index (χ3n) is 3.84. The SMILES string of the molecule is C/C(=C1/SC(=O)N(c2cccc(C(F)(F)F)c2)C1=O)c1ccc(O)cc1. The summed E-state index contributed by atoms with van der Waals surface area (Å²) in [7, 11) is 0. The Kier molecular flexibility index (Phi) is 4.53. The second-order valence-electron chi connectivity index (χ2n) is 5.56. The predicted molar refractivity (Wildman–Crippen MR) is 92.6 cm³/mol. The number of nitrogens with zero attached hydrogens (tertiary/aromatic N) is 1. The maximum atomic E-state index is 12.9. The lowest BCUT2D eigenvalue weighted by atomic mass is 10.1. The van der Waals surface area contributed by atoms with Crippen molar-refractivity contribution in [3.8, 4) is 5.75 Å². The maximum absolute atomic E-state index is 12.9. The first-order valence-electron chi connectivity index (χ1n) is 7.42. The van der Waals surface area contributed by atoms with Crippen LogP contribution in [-0.4, -0.2) is 16.3 Å². The fourth-order valence-corrected chi connectivity index (χ4v) is 3.39. The molecule has 2 aromatic rings. The van der Waals surface area contributed by atoms with Crippen molar-refractivity contribution in [1.82, 2.24) is 0 Å². The second-order valence-corrected chi connectivity index (χ2v) is 6.52. The van der Waals surface area contributed by atoms with Gasteiger partial charge in [-0.15, -0.1) is 0 Å². The van der Waals surface area contributed by atoms with Gasteiger partial charge in [0.1, 0.15) is 5.75 Å². The van der Waals surface area contributed by atoms with E-state index in [1.54, 1.807) is 19.1 Å². The van der Waals surface area contributed by atoms with Crippen molar-refractivity contribution < 1.29 is 27.9 Å². The number of hydrogen-bond acceptors (Lipinski definition) is 4. The van der Waals surface area contributed by atoms with Gasteiger partial charge in [-0.25, -0.2) is 4.90 Å². The van der Waals surface area contributed by atoms with Crippen LogP contribution >= 0.6 is 11.8 Å². The number of halogens is 3. The van der Waals surface area contributed by atoms with Crippen molar-refractivity contribution in [1.29, 1.82) is 0 Å². The van der Waals surface area contributed by atoms with Crippen molar-refractivity contribution in [2.24, 2.45) is 0 Å². The highest BCUT2D eigenvalue weighted by Gasteiger charge is 2.39. The molecule has 0 unspecified atom stereocenters. The number of imide groups is 1. The van der Waals surface area contributed by atoms with Crippen LogP contribution < -0.4 is 4.90 Å². The molecule has 8 heteroatoms. The van der Waals surface area contributed by atoms with E-state index < -0.39 is 22.9 Å². The minimum Gasteiger partial charge on any atom is -0.508 e. The Morgan fingerprint density at radius 3 is 2.35 bits per heavy atom. The number of alkyl halides is 3. The molecule has 1 heterocycles. The molecule has 0 aliphatic carbocycles. The van der Waals surface area contributed by atoms with Crippen LogP contribution in [0.1, 0.15) is 18.1 Å². The number of rotatable bonds is 2. The lowest BCUT2D eigenvalue weighted by Crippen LogP contribution is -2.28. The van der Waals surface area contributed by atoms with Crippen LogP contribution in [0.4, 0.5) is 23.7 Å². The fraction of sp³-hybridized carbons (Fsp3) is 0.111. The van der Waals surface area contributed by atoms with Gasteiger partial charge >= 0.3 is 6.18 Å². The number of carbonyl (C=O) groups excluding carboxylic acids is 2. The Morgan fingerprint density at radius 2 is 1.73 bits per heavy atom. The van der Waals surface area contributed by atoms with Crippen molar-refractivity contribution in [3.63, 3.8) is 0 Å². The molecule has 4 nitrogen and oxygen atoms in total. The van der Waals surface area contributed by atoms with Crippen LogP contribution in [0, 0.1) is 0 Å². The Labute approximate surface area is 150 Å². The van der Waals surface area contributed by atoms with Gasteiger partial charge in [-0.05, 0) is 60.2 Å². The molecule has 1 N–H and O–H groups in total. The van der Waals surface area contributed by atoms with E-state index in [9.17, 15) is 27.9 Å². The van der Waals surface area contributed by atoms with Gasteiger partial charge in [0.2, 0.25) is 0 Å². The van der Waals surface area contributed by atoms with Crippen LogP contribution in [0.3, 0.4) is 0 Å². The van der Waals surface area contributed by atoms with Crippen LogP contribution in [-0.2, 0) is 11.0 Å². The number of phenols is 1. The molecule has 0 aromatic heterocycles. The first-order chi connectivity index (χ1) is 12.2. The maximum Gasteiger partial charge on any atom is 0.416 e. The lowest BCUT2D eigenvalue weighted by molar-refractivity contribution is -0.137. The van der Waals surface area contributed by atoms with Crippen LogP contribution in [0.2, 0.25) is 0 Å². The van der Waals surface area contributed by atoms with Crippen molar-refractivity contribution in [2.75, 3.05) is 4.90 Å². The highest BCUT2D eigenvalue weighted by atomic mass is 32.2. The minimum atomic E-state index is -4.57. The molecular weight excluding hydrogens is 367 g/mol. The average Bonchev–Trinajstić information content (AvgIpc) is 2.89. The summed E-state index contributed by atoms with van der Waals surface area (Å²) in [6.45, 7) is 1.63. The molecule has 0 saturated carbocycles. The molecular formula is C18H12F3NO3S. The molecule has 1 aliphatic rings. The summed E-state index contributed by atoms with van der Waals surface area (Å²) >= 11 is 0.670. The summed E-state index contributed by atoms with van der Waals surface area (Å²) in [5.41, 5.74) is 0.0595. The highest BCUT2D eigenvalue weighted by Crippen LogP contribution is 2.40. The predicted octanol–water partition coefficient (Wildman–Crippen LogP) is 5.04. The number of phenolic OH excluding ortho intramolecular Hbond substituents is 1. The Balaban J connectivity index is 2.00. The van der Waals surface area contributed by atoms with E-state index in [0.29, 0.717) is 22.9 Å². The Bertz CT molecular complexity index is 920. The quantitative estimate of drug-likeness (QED) is 0.743. The van der Waals surface area contributed by atoms with Gasteiger partial charge in [-0.2, -0.15) is 13.2 Å². The molecule has 0 spiro atoms. The summed E-state index contributed by atoms with van der Waals surface area (Å²) in [4.78, 5) is 25.8. The van der Waals surface area contributed by atoms with Crippen LogP contribution in [0.25, 0.3) is 5.57 Å². The zero-order chi connectivity index (χ0) is 19.1. The summed E-state index contributed by atoms with van der Waals surface area (Å²) in [5.74, 6) is -0.622.